The van der Waals surface area contributed by atoms with Gasteiger partial charge in [-0.3, -0.25) is 4.79 Å². The Hall–Kier alpha value is -1.36. The molecule has 0 unspecified atom stereocenters. The van der Waals surface area contributed by atoms with Crippen LogP contribution in [0.1, 0.15) is 37.7 Å². The zero-order valence-corrected chi connectivity index (χ0v) is 13.5. The molecule has 5 heteroatoms. The number of likely N-dealkylation sites (tertiary alicyclic amines) is 1. The van der Waals surface area contributed by atoms with Gasteiger partial charge in [-0.1, -0.05) is 37.3 Å². The van der Waals surface area contributed by atoms with Gasteiger partial charge in [-0.25, -0.2) is 8.42 Å². The van der Waals surface area contributed by atoms with Crippen LogP contribution >= 0.6 is 0 Å². The van der Waals surface area contributed by atoms with E-state index in [1.54, 1.807) is 0 Å². The zero-order valence-electron chi connectivity index (χ0n) is 12.7. The van der Waals surface area contributed by atoms with E-state index in [-0.39, 0.29) is 17.1 Å². The Bertz CT molecular complexity index is 575. The van der Waals surface area contributed by atoms with Gasteiger partial charge in [0.1, 0.15) is 9.84 Å². The van der Waals surface area contributed by atoms with E-state index in [9.17, 15) is 13.2 Å². The van der Waals surface area contributed by atoms with Gasteiger partial charge >= 0.3 is 0 Å². The van der Waals surface area contributed by atoms with E-state index in [4.69, 9.17) is 0 Å². The highest BCUT2D eigenvalue weighted by molar-refractivity contribution is 7.91. The lowest BCUT2D eigenvalue weighted by molar-refractivity contribution is -0.133. The van der Waals surface area contributed by atoms with E-state index in [1.165, 1.54) is 6.26 Å². The van der Waals surface area contributed by atoms with Crippen molar-refractivity contribution in [1.82, 2.24) is 4.90 Å². The van der Waals surface area contributed by atoms with E-state index < -0.39 is 9.84 Å². The van der Waals surface area contributed by atoms with Crippen molar-refractivity contribution in [3.05, 3.63) is 35.9 Å². The number of rotatable bonds is 4. The maximum Gasteiger partial charge on any atom is 0.230 e. The summed E-state index contributed by atoms with van der Waals surface area (Å²) in [5.74, 6) is -0.00312. The maximum absolute atomic E-state index is 12.7. The molecule has 1 aromatic carbocycles. The lowest BCUT2D eigenvalue weighted by Gasteiger charge is -2.33. The number of hydrogen-bond acceptors (Lipinski definition) is 3. The minimum absolute atomic E-state index is 0.121. The number of benzene rings is 1. The lowest BCUT2D eigenvalue weighted by atomic mass is 9.94. The van der Waals surface area contributed by atoms with Gasteiger partial charge in [0, 0.05) is 19.3 Å². The minimum Gasteiger partial charge on any atom is -0.342 e. The van der Waals surface area contributed by atoms with Gasteiger partial charge in [0.05, 0.1) is 11.2 Å². The van der Waals surface area contributed by atoms with Crippen molar-refractivity contribution < 1.29 is 13.2 Å². The van der Waals surface area contributed by atoms with Crippen LogP contribution in [-0.2, 0) is 14.6 Å². The van der Waals surface area contributed by atoms with Crippen LogP contribution in [0.15, 0.2) is 30.3 Å². The Balaban J connectivity index is 2.04. The first kappa shape index (κ1) is 16.0. The predicted molar refractivity (Wildman–Crippen MR) is 83.9 cm³/mol. The second kappa shape index (κ2) is 6.60. The van der Waals surface area contributed by atoms with Crippen LogP contribution in [0.2, 0.25) is 0 Å². The van der Waals surface area contributed by atoms with E-state index in [2.05, 4.69) is 0 Å². The monoisotopic (exact) mass is 309 g/mol. The smallest absolute Gasteiger partial charge is 0.230 e. The maximum atomic E-state index is 12.7. The molecule has 0 aromatic heterocycles. The molecule has 1 saturated heterocycles. The van der Waals surface area contributed by atoms with Crippen molar-refractivity contribution >= 4 is 15.7 Å². The fraction of sp³-hybridized carbons (Fsp3) is 0.562. The first-order valence-corrected chi connectivity index (χ1v) is 9.41. The third-order valence-corrected chi connectivity index (χ3v) is 5.95. The molecular formula is C16H23NO3S. The number of piperidine rings is 1. The van der Waals surface area contributed by atoms with E-state index in [0.29, 0.717) is 25.9 Å². The number of nitrogens with zero attached hydrogens (tertiary/aromatic N) is 1. The molecule has 0 aliphatic carbocycles. The van der Waals surface area contributed by atoms with Crippen molar-refractivity contribution in [3.8, 4) is 0 Å². The van der Waals surface area contributed by atoms with E-state index in [1.807, 2.05) is 42.2 Å². The number of amides is 1. The molecular weight excluding hydrogens is 286 g/mol. The fourth-order valence-corrected chi connectivity index (χ4v) is 4.03. The second-order valence-corrected chi connectivity index (χ2v) is 8.05. The van der Waals surface area contributed by atoms with Gasteiger partial charge < -0.3 is 4.90 Å². The van der Waals surface area contributed by atoms with Crippen molar-refractivity contribution in [2.75, 3.05) is 19.3 Å². The summed E-state index contributed by atoms with van der Waals surface area (Å²) >= 11 is 0. The largest absolute Gasteiger partial charge is 0.342 e. The average molecular weight is 309 g/mol. The van der Waals surface area contributed by atoms with Gasteiger partial charge in [-0.05, 0) is 24.8 Å². The fourth-order valence-electron chi connectivity index (χ4n) is 2.96. The molecule has 0 spiro atoms. The Labute approximate surface area is 127 Å². The first-order chi connectivity index (χ1) is 9.93. The molecule has 1 aliphatic heterocycles. The zero-order chi connectivity index (χ0) is 15.5. The molecule has 116 valence electrons. The summed E-state index contributed by atoms with van der Waals surface area (Å²) in [5, 5.41) is -0.293. The summed E-state index contributed by atoms with van der Waals surface area (Å²) in [6, 6.07) is 9.80. The van der Waals surface area contributed by atoms with Crippen molar-refractivity contribution in [3.63, 3.8) is 0 Å². The van der Waals surface area contributed by atoms with Crippen LogP contribution in [0.25, 0.3) is 0 Å². The van der Waals surface area contributed by atoms with Crippen LogP contribution in [-0.4, -0.2) is 43.8 Å². The van der Waals surface area contributed by atoms with Gasteiger partial charge in [0.15, 0.2) is 0 Å². The normalized spacial score (nSPS) is 18.5. The Morgan fingerprint density at radius 3 is 2.29 bits per heavy atom. The topological polar surface area (TPSA) is 54.5 Å². The molecule has 0 bridgehead atoms. The third-order valence-electron chi connectivity index (χ3n) is 4.27. The molecule has 1 amide bonds. The molecule has 21 heavy (non-hydrogen) atoms. The Kier molecular flexibility index (Phi) is 5.04. The SMILES string of the molecule is CC[C@H](C(=O)N1CCC(S(C)(=O)=O)CC1)c1ccccc1. The molecule has 1 aliphatic rings. The minimum atomic E-state index is -2.99. The average Bonchev–Trinajstić information content (AvgIpc) is 2.48. The predicted octanol–water partition coefficient (Wildman–Crippen LogP) is 2.22. The van der Waals surface area contributed by atoms with Crippen LogP contribution in [0.5, 0.6) is 0 Å². The standard InChI is InChI=1S/C16H23NO3S/c1-3-15(13-7-5-4-6-8-13)16(18)17-11-9-14(10-12-17)21(2,19)20/h4-8,14-15H,3,9-12H2,1-2H3/t15-/m0/s1. The molecule has 0 N–H and O–H groups in total. The lowest BCUT2D eigenvalue weighted by Crippen LogP contribution is -2.44. The van der Waals surface area contributed by atoms with Gasteiger partial charge in [-0.2, -0.15) is 0 Å². The molecule has 0 saturated carbocycles. The quantitative estimate of drug-likeness (QED) is 0.857. The molecule has 1 fully saturated rings. The molecule has 0 radical (unpaired) electrons. The summed E-state index contributed by atoms with van der Waals surface area (Å²) in [6.45, 7) is 3.10. The van der Waals surface area contributed by atoms with Crippen LogP contribution in [0.3, 0.4) is 0 Å². The highest BCUT2D eigenvalue weighted by Crippen LogP contribution is 2.25. The van der Waals surface area contributed by atoms with Crippen molar-refractivity contribution in [2.24, 2.45) is 0 Å². The second-order valence-electron chi connectivity index (χ2n) is 5.73. The van der Waals surface area contributed by atoms with Gasteiger partial charge in [0.25, 0.3) is 0 Å². The molecule has 2 rings (SSSR count). The number of sulfone groups is 1. The summed E-state index contributed by atoms with van der Waals surface area (Å²) in [7, 11) is -2.99. The van der Waals surface area contributed by atoms with Gasteiger partial charge in [0.2, 0.25) is 5.91 Å². The van der Waals surface area contributed by atoms with Crippen LogP contribution < -0.4 is 0 Å². The van der Waals surface area contributed by atoms with Crippen LogP contribution in [0.4, 0.5) is 0 Å². The highest BCUT2D eigenvalue weighted by atomic mass is 32.2. The summed E-state index contributed by atoms with van der Waals surface area (Å²) in [4.78, 5) is 14.5. The molecule has 1 aromatic rings. The first-order valence-electron chi connectivity index (χ1n) is 7.46. The summed E-state index contributed by atoms with van der Waals surface area (Å²) in [5.41, 5.74) is 1.04. The van der Waals surface area contributed by atoms with Crippen molar-refractivity contribution in [2.45, 2.75) is 37.4 Å². The highest BCUT2D eigenvalue weighted by Gasteiger charge is 2.31. The number of carbonyl (C=O) groups is 1. The molecule has 1 atom stereocenters. The van der Waals surface area contributed by atoms with Crippen molar-refractivity contribution in [1.29, 1.82) is 0 Å². The number of hydrogen-bond donors (Lipinski definition) is 0. The molecule has 1 heterocycles. The Morgan fingerprint density at radius 2 is 1.81 bits per heavy atom. The van der Waals surface area contributed by atoms with E-state index in [0.717, 1.165) is 12.0 Å². The molecule has 4 nitrogen and oxygen atoms in total. The summed E-state index contributed by atoms with van der Waals surface area (Å²) < 4.78 is 23.1. The Morgan fingerprint density at radius 1 is 1.24 bits per heavy atom. The summed E-state index contributed by atoms with van der Waals surface area (Å²) in [6.07, 6.45) is 3.15. The third kappa shape index (κ3) is 3.84. The van der Waals surface area contributed by atoms with Gasteiger partial charge in [-0.15, -0.1) is 0 Å². The van der Waals surface area contributed by atoms with E-state index >= 15 is 0 Å². The number of carbonyl (C=O) groups excluding carboxylic acids is 1. The van der Waals surface area contributed by atoms with Crippen LogP contribution in [0, 0.1) is 0 Å².